The molecule has 0 saturated carbocycles. The number of phenolic OH excluding ortho intramolecular Hbond substituents is 2. The second-order valence-electron chi connectivity index (χ2n) is 19.8. The van der Waals surface area contributed by atoms with Crippen molar-refractivity contribution in [1.82, 2.24) is 0 Å². The molecule has 0 unspecified atom stereocenters. The lowest BCUT2D eigenvalue weighted by Gasteiger charge is -2.17. The van der Waals surface area contributed by atoms with E-state index in [0.717, 1.165) is 51.4 Å². The summed E-state index contributed by atoms with van der Waals surface area (Å²) in [5, 5.41) is 22.8. The molecule has 0 saturated heterocycles. The van der Waals surface area contributed by atoms with Crippen LogP contribution in [0.25, 0.3) is 0 Å². The Bertz CT molecular complexity index is 1200. The maximum Gasteiger partial charge on any atom is 0.201 e. The van der Waals surface area contributed by atoms with E-state index >= 15 is 0 Å². The Balaban J connectivity index is 2.11. The second kappa shape index (κ2) is 44.3. The molecular weight excluding hydrogens is 833 g/mol. The number of ether oxygens (including phenoxy) is 5. The van der Waals surface area contributed by atoms with Crippen LogP contribution in [0.15, 0.2) is 24.3 Å². The maximum atomic E-state index is 11.4. The first-order valence-corrected chi connectivity index (χ1v) is 29.0. The van der Waals surface area contributed by atoms with Crippen LogP contribution in [-0.4, -0.2) is 36.6 Å². The fraction of sp³-hybridized carbons (Fsp3) is 0.800. The molecule has 7 heteroatoms. The van der Waals surface area contributed by atoms with E-state index in [9.17, 15) is 10.2 Å². The largest absolute Gasteiger partial charge is 0.502 e. The molecule has 2 aromatic carbocycles. The lowest BCUT2D eigenvalue weighted by molar-refractivity contribution is 0.260. The number of phenols is 2. The molecule has 2 N–H and O–H groups in total. The summed E-state index contributed by atoms with van der Waals surface area (Å²) >= 11 is 0. The number of rotatable bonds is 50. The zero-order chi connectivity index (χ0) is 48.1. The van der Waals surface area contributed by atoms with Crippen LogP contribution >= 0.6 is 0 Å². The number of hydrogen-bond acceptors (Lipinski definition) is 7. The van der Waals surface area contributed by atoms with Gasteiger partial charge in [0.2, 0.25) is 11.5 Å². The quantitative estimate of drug-likeness (QED) is 0.0639. The highest BCUT2D eigenvalue weighted by molar-refractivity contribution is 5.58. The average molecular weight is 940 g/mol. The first-order chi connectivity index (χ1) is 33.0. The van der Waals surface area contributed by atoms with Crippen molar-refractivity contribution < 1.29 is 33.9 Å². The van der Waals surface area contributed by atoms with Gasteiger partial charge in [0.05, 0.1) is 26.4 Å². The minimum Gasteiger partial charge on any atom is -0.502 e. The third kappa shape index (κ3) is 32.5. The highest BCUT2D eigenvalue weighted by Crippen LogP contribution is 2.45. The lowest BCUT2D eigenvalue weighted by Crippen LogP contribution is -2.03. The van der Waals surface area contributed by atoms with Crippen molar-refractivity contribution in [2.75, 3.05) is 26.4 Å². The highest BCUT2D eigenvalue weighted by Gasteiger charge is 2.18. The van der Waals surface area contributed by atoms with Crippen molar-refractivity contribution in [3.05, 3.63) is 24.3 Å². The number of unbranched alkanes of at least 4 members (excludes halogenated alkanes) is 36. The van der Waals surface area contributed by atoms with Gasteiger partial charge >= 0.3 is 0 Å². The molecule has 0 radical (unpaired) electrons. The van der Waals surface area contributed by atoms with Gasteiger partial charge in [-0.2, -0.15) is 0 Å². The van der Waals surface area contributed by atoms with E-state index in [0.29, 0.717) is 60.9 Å². The van der Waals surface area contributed by atoms with Gasteiger partial charge in [0.15, 0.2) is 23.0 Å². The van der Waals surface area contributed by atoms with Crippen LogP contribution < -0.4 is 23.7 Å². The van der Waals surface area contributed by atoms with Crippen molar-refractivity contribution >= 4 is 0 Å². The molecule has 0 fully saturated rings. The zero-order valence-electron chi connectivity index (χ0n) is 44.4. The van der Waals surface area contributed by atoms with Crippen molar-refractivity contribution in [3.63, 3.8) is 0 Å². The van der Waals surface area contributed by atoms with Crippen LogP contribution in [0.2, 0.25) is 0 Å². The van der Waals surface area contributed by atoms with E-state index < -0.39 is 0 Å². The van der Waals surface area contributed by atoms with Gasteiger partial charge in [0.25, 0.3) is 0 Å². The molecule has 0 heterocycles. The Morgan fingerprint density at radius 2 is 0.418 bits per heavy atom. The summed E-state index contributed by atoms with van der Waals surface area (Å²) in [5.74, 6) is 2.44. The fourth-order valence-corrected chi connectivity index (χ4v) is 8.90. The van der Waals surface area contributed by atoms with Crippen LogP contribution in [0.1, 0.15) is 285 Å². The minimum atomic E-state index is 0.0123. The molecule has 0 aromatic heterocycles. The SMILES string of the molecule is CCCCCCCCCCCCOc1cc(Oc2cc(OCCCCCCCCCCCC)c(O)c(OCCCCCCCCCCCC)c2)cc(OCCCCCCCCCCCC)c1O. The molecule has 388 valence electrons. The smallest absolute Gasteiger partial charge is 0.201 e. The number of hydrogen-bond donors (Lipinski definition) is 2. The third-order valence-electron chi connectivity index (χ3n) is 13.3. The van der Waals surface area contributed by atoms with Crippen LogP contribution in [0.5, 0.6) is 46.0 Å². The van der Waals surface area contributed by atoms with Crippen molar-refractivity contribution in [2.45, 2.75) is 285 Å². The van der Waals surface area contributed by atoms with Crippen LogP contribution in [0.3, 0.4) is 0 Å². The molecule has 0 aliphatic rings. The Hall–Kier alpha value is -2.96. The summed E-state index contributed by atoms with van der Waals surface area (Å²) in [4.78, 5) is 0. The van der Waals surface area contributed by atoms with Gasteiger partial charge in [0.1, 0.15) is 11.5 Å². The lowest BCUT2D eigenvalue weighted by atomic mass is 10.1. The predicted molar refractivity (Wildman–Crippen MR) is 286 cm³/mol. The zero-order valence-corrected chi connectivity index (χ0v) is 44.4. The molecule has 7 nitrogen and oxygen atoms in total. The van der Waals surface area contributed by atoms with Gasteiger partial charge in [-0.25, -0.2) is 0 Å². The van der Waals surface area contributed by atoms with Gasteiger partial charge in [0, 0.05) is 24.3 Å². The third-order valence-corrected chi connectivity index (χ3v) is 13.3. The summed E-state index contributed by atoms with van der Waals surface area (Å²) in [6, 6.07) is 7.00. The molecule has 0 spiro atoms. The molecule has 0 bridgehead atoms. The Labute approximate surface area is 413 Å². The van der Waals surface area contributed by atoms with E-state index in [1.807, 2.05) is 0 Å². The number of benzene rings is 2. The van der Waals surface area contributed by atoms with Crippen molar-refractivity contribution in [3.8, 4) is 46.0 Å². The standard InChI is InChI=1S/C60H106O7/c1-5-9-13-17-21-25-29-33-37-41-45-63-55-49-53(50-56(59(55)61)64-46-42-38-34-30-26-22-18-14-10-6-2)67-54-51-57(65-47-43-39-35-31-27-23-19-15-11-7-3)60(62)58(52-54)66-48-44-40-36-32-28-24-20-16-12-8-4/h49-52,61-62H,5-48H2,1-4H3. The molecule has 2 aromatic rings. The first kappa shape index (κ1) is 60.2. The maximum absolute atomic E-state index is 11.4. The van der Waals surface area contributed by atoms with E-state index in [4.69, 9.17) is 23.7 Å². The van der Waals surface area contributed by atoms with Gasteiger partial charge < -0.3 is 33.9 Å². The molecule has 0 amide bonds. The van der Waals surface area contributed by atoms with E-state index in [-0.39, 0.29) is 11.5 Å². The van der Waals surface area contributed by atoms with Crippen molar-refractivity contribution in [2.24, 2.45) is 0 Å². The fourth-order valence-electron chi connectivity index (χ4n) is 8.90. The monoisotopic (exact) mass is 939 g/mol. The van der Waals surface area contributed by atoms with Crippen LogP contribution in [-0.2, 0) is 0 Å². The summed E-state index contributed by atoms with van der Waals surface area (Å²) in [7, 11) is 0. The van der Waals surface area contributed by atoms with E-state index in [1.165, 1.54) is 205 Å². The van der Waals surface area contributed by atoms with E-state index in [2.05, 4.69) is 27.7 Å². The second-order valence-corrected chi connectivity index (χ2v) is 19.8. The Kier molecular flexibility index (Phi) is 39.7. The van der Waals surface area contributed by atoms with Gasteiger partial charge in [-0.1, -0.05) is 259 Å². The van der Waals surface area contributed by atoms with Crippen LogP contribution in [0.4, 0.5) is 0 Å². The summed E-state index contributed by atoms with van der Waals surface area (Å²) in [5.41, 5.74) is 0. The Morgan fingerprint density at radius 1 is 0.254 bits per heavy atom. The summed E-state index contributed by atoms with van der Waals surface area (Å²) in [6.07, 6.45) is 49.9. The molecule has 0 aliphatic heterocycles. The van der Waals surface area contributed by atoms with Crippen molar-refractivity contribution in [1.29, 1.82) is 0 Å². The summed E-state index contributed by atoms with van der Waals surface area (Å²) < 4.78 is 31.5. The molecular formula is C60H106O7. The molecule has 2 rings (SSSR count). The summed E-state index contributed by atoms with van der Waals surface area (Å²) in [6.45, 7) is 11.1. The van der Waals surface area contributed by atoms with Gasteiger partial charge in [-0.3, -0.25) is 0 Å². The minimum absolute atomic E-state index is 0.0123. The first-order valence-electron chi connectivity index (χ1n) is 29.0. The van der Waals surface area contributed by atoms with Crippen LogP contribution in [0, 0.1) is 0 Å². The van der Waals surface area contributed by atoms with Gasteiger partial charge in [-0.05, 0) is 25.7 Å². The number of aromatic hydroxyl groups is 2. The topological polar surface area (TPSA) is 86.6 Å². The average Bonchev–Trinajstić information content (AvgIpc) is 3.33. The predicted octanol–water partition coefficient (Wildman–Crippen LogP) is 20.1. The normalized spacial score (nSPS) is 11.3. The van der Waals surface area contributed by atoms with Gasteiger partial charge in [-0.15, -0.1) is 0 Å². The molecule has 0 aliphatic carbocycles. The Morgan fingerprint density at radius 3 is 0.597 bits per heavy atom. The highest BCUT2D eigenvalue weighted by atomic mass is 16.5. The van der Waals surface area contributed by atoms with E-state index in [1.54, 1.807) is 24.3 Å². The molecule has 0 atom stereocenters. The molecule has 67 heavy (non-hydrogen) atoms.